The van der Waals surface area contributed by atoms with Gasteiger partial charge in [-0.25, -0.2) is 0 Å². The van der Waals surface area contributed by atoms with Crippen LogP contribution in [-0.2, 0) is 23.9 Å². The molecule has 7 nitrogen and oxygen atoms in total. The highest BCUT2D eigenvalue weighted by Crippen LogP contribution is 2.09. The minimum Gasteiger partial charge on any atom is -0.469 e. The molecule has 0 fully saturated rings. The lowest BCUT2D eigenvalue weighted by Gasteiger charge is -2.28. The maximum Gasteiger partial charge on any atom is 0.326 e. The van der Waals surface area contributed by atoms with Crippen LogP contribution in [0.3, 0.4) is 0 Å². The second-order valence-corrected chi connectivity index (χ2v) is 5.19. The van der Waals surface area contributed by atoms with Crippen LogP contribution >= 0.6 is 0 Å². The van der Waals surface area contributed by atoms with E-state index in [1.165, 1.54) is 18.2 Å². The van der Waals surface area contributed by atoms with Gasteiger partial charge in [0.1, 0.15) is 12.6 Å². The maximum atomic E-state index is 12.2. The molecule has 1 aliphatic heterocycles. The van der Waals surface area contributed by atoms with E-state index < -0.39 is 12.0 Å². The van der Waals surface area contributed by atoms with Gasteiger partial charge in [-0.3, -0.25) is 14.4 Å². The van der Waals surface area contributed by atoms with Crippen LogP contribution in [0.25, 0.3) is 0 Å². The molecule has 1 rings (SSSR count). The zero-order chi connectivity index (χ0) is 15.8. The smallest absolute Gasteiger partial charge is 0.326 e. The van der Waals surface area contributed by atoms with Crippen molar-refractivity contribution in [3.05, 3.63) is 12.4 Å². The second-order valence-electron chi connectivity index (χ2n) is 5.19. The average molecular weight is 298 g/mol. The SMILES string of the molecule is COC(=O)CC[C@H]1NC=CN(CC(=O)OCC(C)C)C1=O. The van der Waals surface area contributed by atoms with Gasteiger partial charge in [0.15, 0.2) is 0 Å². The fourth-order valence-corrected chi connectivity index (χ4v) is 1.74. The lowest BCUT2D eigenvalue weighted by Crippen LogP contribution is -2.48. The Balaban J connectivity index is 2.47. The summed E-state index contributed by atoms with van der Waals surface area (Å²) in [7, 11) is 1.30. The van der Waals surface area contributed by atoms with E-state index in [4.69, 9.17) is 4.74 Å². The van der Waals surface area contributed by atoms with E-state index in [0.717, 1.165) is 0 Å². The van der Waals surface area contributed by atoms with E-state index in [1.54, 1.807) is 6.20 Å². The predicted octanol–water partition coefficient (Wildman–Crippen LogP) is 0.410. The Morgan fingerprint density at radius 2 is 2.10 bits per heavy atom. The Bertz CT molecular complexity index is 420. The van der Waals surface area contributed by atoms with Gasteiger partial charge in [-0.1, -0.05) is 13.8 Å². The molecule has 0 saturated carbocycles. The topological polar surface area (TPSA) is 84.9 Å². The first-order chi connectivity index (χ1) is 9.93. The molecule has 0 unspecified atom stereocenters. The minimum absolute atomic E-state index is 0.127. The molecule has 0 aromatic rings. The maximum absolute atomic E-state index is 12.2. The number of methoxy groups -OCH3 is 1. The molecule has 7 heteroatoms. The van der Waals surface area contributed by atoms with E-state index >= 15 is 0 Å². The van der Waals surface area contributed by atoms with Crippen LogP contribution in [0.4, 0.5) is 0 Å². The first kappa shape index (κ1) is 17.0. The molecule has 0 spiro atoms. The Hall–Kier alpha value is -2.05. The van der Waals surface area contributed by atoms with Gasteiger partial charge >= 0.3 is 11.9 Å². The second kappa shape index (κ2) is 8.28. The van der Waals surface area contributed by atoms with Crippen LogP contribution in [0.1, 0.15) is 26.7 Å². The average Bonchev–Trinajstić information content (AvgIpc) is 2.45. The normalized spacial score (nSPS) is 17.6. The Morgan fingerprint density at radius 3 is 2.71 bits per heavy atom. The molecule has 1 atom stereocenters. The van der Waals surface area contributed by atoms with Gasteiger partial charge in [0, 0.05) is 18.8 Å². The largest absolute Gasteiger partial charge is 0.469 e. The summed E-state index contributed by atoms with van der Waals surface area (Å²) in [6.07, 6.45) is 3.53. The van der Waals surface area contributed by atoms with Gasteiger partial charge in [0.25, 0.3) is 0 Å². The van der Waals surface area contributed by atoms with Crippen LogP contribution in [0.5, 0.6) is 0 Å². The Kier molecular flexibility index (Phi) is 6.71. The molecule has 0 aliphatic carbocycles. The Labute approximate surface area is 124 Å². The summed E-state index contributed by atoms with van der Waals surface area (Å²) < 4.78 is 9.58. The molecule has 0 radical (unpaired) electrons. The van der Waals surface area contributed by atoms with E-state index in [2.05, 4.69) is 10.1 Å². The molecule has 0 bridgehead atoms. The van der Waals surface area contributed by atoms with Crippen LogP contribution in [-0.4, -0.2) is 49.0 Å². The molecule has 0 aromatic heterocycles. The molecular formula is C14H22N2O5. The molecule has 1 N–H and O–H groups in total. The monoisotopic (exact) mass is 298 g/mol. The number of ether oxygens (including phenoxy) is 2. The third-order valence-electron chi connectivity index (χ3n) is 2.87. The summed E-state index contributed by atoms with van der Waals surface area (Å²) in [4.78, 5) is 36.2. The van der Waals surface area contributed by atoms with E-state index in [1.807, 2.05) is 13.8 Å². The fourth-order valence-electron chi connectivity index (χ4n) is 1.74. The number of hydrogen-bond donors (Lipinski definition) is 1. The predicted molar refractivity (Wildman–Crippen MR) is 74.8 cm³/mol. The van der Waals surface area contributed by atoms with Crippen molar-refractivity contribution in [3.8, 4) is 0 Å². The molecule has 0 aromatic carbocycles. The highest BCUT2D eigenvalue weighted by Gasteiger charge is 2.27. The first-order valence-corrected chi connectivity index (χ1v) is 6.89. The van der Waals surface area contributed by atoms with E-state index in [-0.39, 0.29) is 30.8 Å². The summed E-state index contributed by atoms with van der Waals surface area (Å²) in [5, 5.41) is 2.87. The molecule has 1 heterocycles. The zero-order valence-corrected chi connectivity index (χ0v) is 12.6. The number of carbonyl (C=O) groups is 3. The minimum atomic E-state index is -0.535. The molecule has 0 saturated heterocycles. The van der Waals surface area contributed by atoms with Crippen molar-refractivity contribution < 1.29 is 23.9 Å². The fraction of sp³-hybridized carbons (Fsp3) is 0.643. The van der Waals surface area contributed by atoms with E-state index in [9.17, 15) is 14.4 Å². The number of amides is 1. The number of esters is 2. The first-order valence-electron chi connectivity index (χ1n) is 6.89. The molecule has 1 amide bonds. The summed E-state index contributed by atoms with van der Waals surface area (Å²) >= 11 is 0. The van der Waals surface area contributed by atoms with Gasteiger partial charge in [-0.2, -0.15) is 0 Å². The van der Waals surface area contributed by atoms with Crippen molar-refractivity contribution >= 4 is 17.8 Å². The summed E-state index contributed by atoms with van der Waals surface area (Å²) in [5.41, 5.74) is 0. The third kappa shape index (κ3) is 5.85. The molecule has 118 valence electrons. The summed E-state index contributed by atoms with van der Waals surface area (Å²) in [6.45, 7) is 4.07. The number of nitrogens with one attached hydrogen (secondary N) is 1. The van der Waals surface area contributed by atoms with Crippen molar-refractivity contribution in [1.82, 2.24) is 10.2 Å². The van der Waals surface area contributed by atoms with Crippen molar-refractivity contribution in [2.45, 2.75) is 32.7 Å². The van der Waals surface area contributed by atoms with Crippen LogP contribution in [0.15, 0.2) is 12.4 Å². The number of nitrogens with zero attached hydrogens (tertiary/aromatic N) is 1. The lowest BCUT2D eigenvalue weighted by molar-refractivity contribution is -0.149. The van der Waals surface area contributed by atoms with Crippen LogP contribution < -0.4 is 5.32 Å². The standard InChI is InChI=1S/C14H22N2O5/c1-10(2)9-21-13(18)8-16-7-6-15-11(14(16)19)4-5-12(17)20-3/h6-7,10-11,15H,4-5,8-9H2,1-3H3/t11-/m1/s1. The molecule has 21 heavy (non-hydrogen) atoms. The summed E-state index contributed by atoms with van der Waals surface area (Å²) in [5.74, 6) is -0.837. The van der Waals surface area contributed by atoms with Crippen molar-refractivity contribution in [1.29, 1.82) is 0 Å². The highest BCUT2D eigenvalue weighted by molar-refractivity contribution is 5.88. The molecule has 1 aliphatic rings. The summed E-state index contributed by atoms with van der Waals surface area (Å²) in [6, 6.07) is -0.535. The van der Waals surface area contributed by atoms with Crippen molar-refractivity contribution in [2.24, 2.45) is 5.92 Å². The van der Waals surface area contributed by atoms with Gasteiger partial charge in [-0.05, 0) is 12.3 Å². The quantitative estimate of drug-likeness (QED) is 0.685. The van der Waals surface area contributed by atoms with Gasteiger partial charge in [-0.15, -0.1) is 0 Å². The Morgan fingerprint density at radius 1 is 1.38 bits per heavy atom. The van der Waals surface area contributed by atoms with Crippen molar-refractivity contribution in [2.75, 3.05) is 20.3 Å². The molecular weight excluding hydrogens is 276 g/mol. The van der Waals surface area contributed by atoms with Crippen LogP contribution in [0, 0.1) is 5.92 Å². The van der Waals surface area contributed by atoms with Gasteiger partial charge in [0.05, 0.1) is 13.7 Å². The van der Waals surface area contributed by atoms with Gasteiger partial charge in [0.2, 0.25) is 5.91 Å². The van der Waals surface area contributed by atoms with E-state index in [0.29, 0.717) is 13.0 Å². The zero-order valence-electron chi connectivity index (χ0n) is 12.6. The van der Waals surface area contributed by atoms with Gasteiger partial charge < -0.3 is 19.7 Å². The lowest BCUT2D eigenvalue weighted by atomic mass is 10.1. The number of hydrogen-bond acceptors (Lipinski definition) is 6. The highest BCUT2D eigenvalue weighted by atomic mass is 16.5. The number of rotatable bonds is 7. The van der Waals surface area contributed by atoms with Crippen LogP contribution in [0.2, 0.25) is 0 Å². The third-order valence-corrected chi connectivity index (χ3v) is 2.87. The van der Waals surface area contributed by atoms with Crippen molar-refractivity contribution in [3.63, 3.8) is 0 Å². The number of carbonyl (C=O) groups excluding carboxylic acids is 3.